The molecule has 1 saturated heterocycles. The lowest BCUT2D eigenvalue weighted by molar-refractivity contribution is 0.156. The molecule has 2 N–H and O–H groups in total. The van der Waals surface area contributed by atoms with Gasteiger partial charge < -0.3 is 15.4 Å². The van der Waals surface area contributed by atoms with E-state index in [4.69, 9.17) is 4.74 Å². The van der Waals surface area contributed by atoms with Gasteiger partial charge in [-0.3, -0.25) is 0 Å². The van der Waals surface area contributed by atoms with Crippen molar-refractivity contribution in [2.24, 2.45) is 5.92 Å². The van der Waals surface area contributed by atoms with E-state index in [0.29, 0.717) is 12.0 Å². The molecular weight excluding hydrogens is 212 g/mol. The quantitative estimate of drug-likeness (QED) is 0.718. The van der Waals surface area contributed by atoms with Gasteiger partial charge in [-0.05, 0) is 38.6 Å². The van der Waals surface area contributed by atoms with Gasteiger partial charge in [0.2, 0.25) is 0 Å². The SMILES string of the molecule is COCC(C)CNC(C)CC1CCCCCN1. The summed E-state index contributed by atoms with van der Waals surface area (Å²) in [6.45, 7) is 7.64. The lowest BCUT2D eigenvalue weighted by Gasteiger charge is -2.22. The van der Waals surface area contributed by atoms with Crippen LogP contribution in [0.1, 0.15) is 46.0 Å². The maximum absolute atomic E-state index is 5.15. The second-order valence-corrected chi connectivity index (χ2v) is 5.61. The molecule has 0 spiro atoms. The van der Waals surface area contributed by atoms with Gasteiger partial charge in [-0.15, -0.1) is 0 Å². The summed E-state index contributed by atoms with van der Waals surface area (Å²) in [4.78, 5) is 0. The molecule has 1 heterocycles. The van der Waals surface area contributed by atoms with Crippen LogP contribution in [-0.4, -0.2) is 38.9 Å². The van der Waals surface area contributed by atoms with Gasteiger partial charge in [-0.1, -0.05) is 19.8 Å². The van der Waals surface area contributed by atoms with Crippen molar-refractivity contribution in [3.63, 3.8) is 0 Å². The molecule has 0 aromatic rings. The predicted molar refractivity (Wildman–Crippen MR) is 73.4 cm³/mol. The Morgan fingerprint density at radius 2 is 2.12 bits per heavy atom. The van der Waals surface area contributed by atoms with Crippen molar-refractivity contribution in [3.05, 3.63) is 0 Å². The summed E-state index contributed by atoms with van der Waals surface area (Å²) in [6, 6.07) is 1.32. The van der Waals surface area contributed by atoms with Crippen LogP contribution >= 0.6 is 0 Å². The Balaban J connectivity index is 2.12. The topological polar surface area (TPSA) is 33.3 Å². The fourth-order valence-corrected chi connectivity index (χ4v) is 2.56. The van der Waals surface area contributed by atoms with Gasteiger partial charge in [0.15, 0.2) is 0 Å². The van der Waals surface area contributed by atoms with Crippen molar-refractivity contribution < 1.29 is 4.74 Å². The van der Waals surface area contributed by atoms with Crippen molar-refractivity contribution in [2.75, 3.05) is 26.8 Å². The van der Waals surface area contributed by atoms with Crippen LogP contribution in [0.25, 0.3) is 0 Å². The molecule has 0 bridgehead atoms. The smallest absolute Gasteiger partial charge is 0.0499 e. The zero-order valence-electron chi connectivity index (χ0n) is 11.8. The minimum atomic E-state index is 0.601. The minimum absolute atomic E-state index is 0.601. The van der Waals surface area contributed by atoms with E-state index in [2.05, 4.69) is 24.5 Å². The molecular formula is C14H30N2O. The molecule has 102 valence electrons. The Bertz CT molecular complexity index is 179. The van der Waals surface area contributed by atoms with Crippen molar-refractivity contribution in [2.45, 2.75) is 58.0 Å². The maximum atomic E-state index is 5.15. The molecule has 0 amide bonds. The molecule has 3 nitrogen and oxygen atoms in total. The van der Waals surface area contributed by atoms with E-state index in [1.165, 1.54) is 38.6 Å². The van der Waals surface area contributed by atoms with Crippen LogP contribution in [0.5, 0.6) is 0 Å². The summed E-state index contributed by atoms with van der Waals surface area (Å²) in [7, 11) is 1.77. The third kappa shape index (κ3) is 7.02. The van der Waals surface area contributed by atoms with E-state index in [0.717, 1.165) is 19.2 Å². The Morgan fingerprint density at radius 3 is 2.88 bits per heavy atom. The first-order chi connectivity index (χ1) is 8.22. The van der Waals surface area contributed by atoms with E-state index >= 15 is 0 Å². The standard InChI is InChI=1S/C14H30N2O/c1-12(11-17-3)10-16-13(2)9-14-7-5-4-6-8-15-14/h12-16H,4-11H2,1-3H3. The highest BCUT2D eigenvalue weighted by molar-refractivity contribution is 4.76. The molecule has 3 heteroatoms. The monoisotopic (exact) mass is 242 g/mol. The summed E-state index contributed by atoms with van der Waals surface area (Å²) in [5, 5.41) is 7.28. The highest BCUT2D eigenvalue weighted by Gasteiger charge is 2.15. The van der Waals surface area contributed by atoms with Crippen molar-refractivity contribution >= 4 is 0 Å². The van der Waals surface area contributed by atoms with Crippen LogP contribution in [-0.2, 0) is 4.74 Å². The normalized spacial score (nSPS) is 25.2. The average molecular weight is 242 g/mol. The maximum Gasteiger partial charge on any atom is 0.0499 e. The van der Waals surface area contributed by atoms with Gasteiger partial charge in [0, 0.05) is 32.3 Å². The second kappa shape index (κ2) is 8.90. The number of methoxy groups -OCH3 is 1. The van der Waals surface area contributed by atoms with Gasteiger partial charge in [-0.2, -0.15) is 0 Å². The summed E-state index contributed by atoms with van der Waals surface area (Å²) >= 11 is 0. The number of hydrogen-bond donors (Lipinski definition) is 2. The summed E-state index contributed by atoms with van der Waals surface area (Å²) in [5.74, 6) is 0.601. The Morgan fingerprint density at radius 1 is 1.29 bits per heavy atom. The van der Waals surface area contributed by atoms with Crippen LogP contribution in [0.15, 0.2) is 0 Å². The van der Waals surface area contributed by atoms with Gasteiger partial charge >= 0.3 is 0 Å². The van der Waals surface area contributed by atoms with E-state index < -0.39 is 0 Å². The largest absolute Gasteiger partial charge is 0.384 e. The summed E-state index contributed by atoms with van der Waals surface area (Å²) in [6.07, 6.45) is 6.74. The first-order valence-electron chi connectivity index (χ1n) is 7.18. The van der Waals surface area contributed by atoms with Crippen molar-refractivity contribution in [1.29, 1.82) is 0 Å². The molecule has 0 radical (unpaired) electrons. The van der Waals surface area contributed by atoms with Crippen molar-refractivity contribution in [3.8, 4) is 0 Å². The van der Waals surface area contributed by atoms with Gasteiger partial charge in [-0.25, -0.2) is 0 Å². The molecule has 0 saturated carbocycles. The van der Waals surface area contributed by atoms with Crippen LogP contribution in [0.4, 0.5) is 0 Å². The van der Waals surface area contributed by atoms with E-state index in [1.54, 1.807) is 7.11 Å². The molecule has 1 aliphatic heterocycles. The Hall–Kier alpha value is -0.120. The lowest BCUT2D eigenvalue weighted by Crippen LogP contribution is -2.38. The lowest BCUT2D eigenvalue weighted by atomic mass is 10.0. The second-order valence-electron chi connectivity index (χ2n) is 5.61. The zero-order chi connectivity index (χ0) is 12.5. The number of nitrogens with one attached hydrogen (secondary N) is 2. The summed E-state index contributed by atoms with van der Waals surface area (Å²) < 4.78 is 5.15. The van der Waals surface area contributed by atoms with Crippen molar-refractivity contribution in [1.82, 2.24) is 10.6 Å². The van der Waals surface area contributed by atoms with Gasteiger partial charge in [0.25, 0.3) is 0 Å². The molecule has 0 aromatic carbocycles. The van der Waals surface area contributed by atoms with Crippen LogP contribution < -0.4 is 10.6 Å². The van der Waals surface area contributed by atoms with Crippen LogP contribution in [0.3, 0.4) is 0 Å². The number of rotatable bonds is 7. The number of ether oxygens (including phenoxy) is 1. The molecule has 1 aliphatic rings. The van der Waals surface area contributed by atoms with Crippen LogP contribution in [0, 0.1) is 5.92 Å². The molecule has 1 rings (SSSR count). The molecule has 0 aromatic heterocycles. The zero-order valence-corrected chi connectivity index (χ0v) is 11.8. The molecule has 17 heavy (non-hydrogen) atoms. The summed E-state index contributed by atoms with van der Waals surface area (Å²) in [5.41, 5.74) is 0. The molecule has 3 unspecified atom stereocenters. The fraction of sp³-hybridized carbons (Fsp3) is 1.00. The number of hydrogen-bond acceptors (Lipinski definition) is 3. The van der Waals surface area contributed by atoms with Gasteiger partial charge in [0.05, 0.1) is 0 Å². The first-order valence-corrected chi connectivity index (χ1v) is 7.18. The Kier molecular flexibility index (Phi) is 7.82. The fourth-order valence-electron chi connectivity index (χ4n) is 2.56. The minimum Gasteiger partial charge on any atom is -0.384 e. The Labute approximate surface area is 107 Å². The first kappa shape index (κ1) is 14.9. The van der Waals surface area contributed by atoms with E-state index in [9.17, 15) is 0 Å². The third-order valence-corrected chi connectivity index (χ3v) is 3.57. The molecule has 0 aliphatic carbocycles. The van der Waals surface area contributed by atoms with Gasteiger partial charge in [0.1, 0.15) is 0 Å². The highest BCUT2D eigenvalue weighted by Crippen LogP contribution is 2.12. The molecule has 1 fully saturated rings. The van der Waals surface area contributed by atoms with E-state index in [1.807, 2.05) is 0 Å². The van der Waals surface area contributed by atoms with E-state index in [-0.39, 0.29) is 0 Å². The molecule has 3 atom stereocenters. The van der Waals surface area contributed by atoms with Crippen LogP contribution in [0.2, 0.25) is 0 Å². The average Bonchev–Trinajstić information content (AvgIpc) is 2.55. The highest BCUT2D eigenvalue weighted by atomic mass is 16.5. The third-order valence-electron chi connectivity index (χ3n) is 3.57. The predicted octanol–water partition coefficient (Wildman–Crippen LogP) is 2.17.